The first-order valence-electron chi connectivity index (χ1n) is 6.41. The van der Waals surface area contributed by atoms with Crippen molar-refractivity contribution in [1.82, 2.24) is 10.2 Å². The minimum atomic E-state index is -4.32. The topological polar surface area (TPSA) is 32.3 Å². The third-order valence-electron chi connectivity index (χ3n) is 3.30. The quantitative estimate of drug-likeness (QED) is 0.826. The Morgan fingerprint density at radius 1 is 1.39 bits per heavy atom. The van der Waals surface area contributed by atoms with E-state index in [0.717, 1.165) is 11.3 Å². The molecule has 3 nitrogen and oxygen atoms in total. The Bertz CT molecular complexity index is 281. The van der Waals surface area contributed by atoms with E-state index in [1.165, 1.54) is 0 Å². The summed E-state index contributed by atoms with van der Waals surface area (Å²) in [5.41, 5.74) is 0. The normalized spacial score (nSPS) is 24.3. The largest absolute Gasteiger partial charge is 0.406 e. The summed E-state index contributed by atoms with van der Waals surface area (Å²) in [6, 6.07) is 0. The third kappa shape index (κ3) is 4.48. The number of carbonyl (C=O) groups excluding carboxylic acids is 1. The van der Waals surface area contributed by atoms with Crippen LogP contribution < -0.4 is 5.32 Å². The summed E-state index contributed by atoms with van der Waals surface area (Å²) in [7, 11) is 0. The maximum atomic E-state index is 12.5. The number of hydrogen-bond acceptors (Lipinski definition) is 2. The molecule has 2 atom stereocenters. The highest BCUT2D eigenvalue weighted by Crippen LogP contribution is 2.22. The average molecular weight is 266 g/mol. The summed E-state index contributed by atoms with van der Waals surface area (Å²) >= 11 is 0. The van der Waals surface area contributed by atoms with Crippen molar-refractivity contribution in [2.75, 3.05) is 26.2 Å². The maximum Gasteiger partial charge on any atom is 0.406 e. The maximum absolute atomic E-state index is 12.5. The zero-order valence-corrected chi connectivity index (χ0v) is 10.9. The molecule has 2 unspecified atom stereocenters. The Labute approximate surface area is 106 Å². The molecule has 0 spiro atoms. The van der Waals surface area contributed by atoms with E-state index < -0.39 is 12.7 Å². The van der Waals surface area contributed by atoms with Crippen molar-refractivity contribution < 1.29 is 18.0 Å². The molecule has 18 heavy (non-hydrogen) atoms. The summed E-state index contributed by atoms with van der Waals surface area (Å²) in [4.78, 5) is 13.1. The lowest BCUT2D eigenvalue weighted by atomic mass is 9.96. The summed E-state index contributed by atoms with van der Waals surface area (Å²) in [6.45, 7) is 4.04. The van der Waals surface area contributed by atoms with Crippen molar-refractivity contribution in [3.63, 3.8) is 0 Å². The predicted molar refractivity (Wildman–Crippen MR) is 63.1 cm³/mol. The fourth-order valence-corrected chi connectivity index (χ4v) is 2.21. The number of unbranched alkanes of at least 4 members (excludes halogenated alkanes) is 1. The van der Waals surface area contributed by atoms with Crippen LogP contribution in [0.3, 0.4) is 0 Å². The smallest absolute Gasteiger partial charge is 0.333 e. The average Bonchev–Trinajstić information content (AvgIpc) is 2.68. The van der Waals surface area contributed by atoms with Gasteiger partial charge in [0.05, 0.1) is 5.92 Å². The SMILES string of the molecule is CCCCN(CC(F)(F)F)C(=O)C1CNCC1C. The van der Waals surface area contributed by atoms with Gasteiger partial charge in [-0.25, -0.2) is 0 Å². The third-order valence-corrected chi connectivity index (χ3v) is 3.30. The Hall–Kier alpha value is -0.780. The lowest BCUT2D eigenvalue weighted by Gasteiger charge is -2.27. The number of amides is 1. The van der Waals surface area contributed by atoms with Crippen molar-refractivity contribution in [3.05, 3.63) is 0 Å². The number of nitrogens with zero attached hydrogens (tertiary/aromatic N) is 1. The number of nitrogens with one attached hydrogen (secondary N) is 1. The Balaban J connectivity index is 2.65. The van der Waals surface area contributed by atoms with Crippen molar-refractivity contribution in [2.24, 2.45) is 11.8 Å². The standard InChI is InChI=1S/C12H21F3N2O/c1-3-4-5-17(8-12(13,14)15)11(18)10-7-16-6-9(10)2/h9-10,16H,3-8H2,1-2H3. The lowest BCUT2D eigenvalue weighted by molar-refractivity contribution is -0.164. The van der Waals surface area contributed by atoms with Gasteiger partial charge in [-0.1, -0.05) is 20.3 Å². The molecule has 1 saturated heterocycles. The van der Waals surface area contributed by atoms with Crippen LogP contribution in [0.25, 0.3) is 0 Å². The van der Waals surface area contributed by atoms with Crippen LogP contribution in [0.2, 0.25) is 0 Å². The molecule has 1 amide bonds. The molecule has 1 heterocycles. The van der Waals surface area contributed by atoms with Gasteiger partial charge in [0, 0.05) is 13.1 Å². The van der Waals surface area contributed by atoms with Crippen LogP contribution in [0.15, 0.2) is 0 Å². The van der Waals surface area contributed by atoms with E-state index in [1.54, 1.807) is 0 Å². The first-order chi connectivity index (χ1) is 8.35. The molecule has 1 fully saturated rings. The molecule has 0 aromatic carbocycles. The molecule has 0 saturated carbocycles. The highest BCUT2D eigenvalue weighted by Gasteiger charge is 2.38. The van der Waals surface area contributed by atoms with Crippen LogP contribution in [0, 0.1) is 11.8 Å². The fraction of sp³-hybridized carbons (Fsp3) is 0.917. The van der Waals surface area contributed by atoms with Crippen LogP contribution in [0.1, 0.15) is 26.7 Å². The van der Waals surface area contributed by atoms with E-state index in [0.29, 0.717) is 19.5 Å². The number of rotatable bonds is 5. The van der Waals surface area contributed by atoms with Gasteiger partial charge in [0.25, 0.3) is 0 Å². The van der Waals surface area contributed by atoms with Crippen molar-refractivity contribution in [1.29, 1.82) is 0 Å². The number of carbonyl (C=O) groups is 1. The minimum absolute atomic E-state index is 0.106. The lowest BCUT2D eigenvalue weighted by Crippen LogP contribution is -2.44. The minimum Gasteiger partial charge on any atom is -0.333 e. The van der Waals surface area contributed by atoms with Gasteiger partial charge in [0.1, 0.15) is 6.54 Å². The first-order valence-corrected chi connectivity index (χ1v) is 6.41. The predicted octanol–water partition coefficient (Wildman–Crippen LogP) is 2.03. The van der Waals surface area contributed by atoms with Crippen molar-refractivity contribution in [3.8, 4) is 0 Å². The van der Waals surface area contributed by atoms with Gasteiger partial charge in [0.15, 0.2) is 0 Å². The molecule has 1 aliphatic rings. The Morgan fingerprint density at radius 2 is 2.06 bits per heavy atom. The Morgan fingerprint density at radius 3 is 2.50 bits per heavy atom. The molecule has 1 N–H and O–H groups in total. The van der Waals surface area contributed by atoms with Crippen LogP contribution in [-0.4, -0.2) is 43.2 Å². The van der Waals surface area contributed by atoms with Gasteiger partial charge in [-0.05, 0) is 18.9 Å². The highest BCUT2D eigenvalue weighted by atomic mass is 19.4. The van der Waals surface area contributed by atoms with Gasteiger partial charge in [-0.2, -0.15) is 13.2 Å². The van der Waals surface area contributed by atoms with Gasteiger partial charge >= 0.3 is 6.18 Å². The van der Waals surface area contributed by atoms with Crippen LogP contribution >= 0.6 is 0 Å². The van der Waals surface area contributed by atoms with E-state index in [2.05, 4.69) is 5.32 Å². The summed E-state index contributed by atoms with van der Waals surface area (Å²) < 4.78 is 37.4. The van der Waals surface area contributed by atoms with Gasteiger partial charge in [-0.3, -0.25) is 4.79 Å². The second kappa shape index (κ2) is 6.41. The fourth-order valence-electron chi connectivity index (χ4n) is 2.21. The van der Waals surface area contributed by atoms with Gasteiger partial charge < -0.3 is 10.2 Å². The second-order valence-electron chi connectivity index (χ2n) is 4.97. The summed E-state index contributed by atoms with van der Waals surface area (Å²) in [6.07, 6.45) is -2.94. The first kappa shape index (κ1) is 15.3. The second-order valence-corrected chi connectivity index (χ2v) is 4.97. The van der Waals surface area contributed by atoms with Gasteiger partial charge in [-0.15, -0.1) is 0 Å². The van der Waals surface area contributed by atoms with Gasteiger partial charge in [0.2, 0.25) is 5.91 Å². The monoisotopic (exact) mass is 266 g/mol. The number of hydrogen-bond donors (Lipinski definition) is 1. The van der Waals surface area contributed by atoms with E-state index in [4.69, 9.17) is 0 Å². The molecule has 1 aliphatic heterocycles. The molecule has 0 radical (unpaired) electrons. The highest BCUT2D eigenvalue weighted by molar-refractivity contribution is 5.79. The van der Waals surface area contributed by atoms with Crippen LogP contribution in [-0.2, 0) is 4.79 Å². The molecule has 1 rings (SSSR count). The van der Waals surface area contributed by atoms with E-state index in [9.17, 15) is 18.0 Å². The molecule has 0 aromatic rings. The van der Waals surface area contributed by atoms with E-state index >= 15 is 0 Å². The summed E-state index contributed by atoms with van der Waals surface area (Å²) in [5, 5.41) is 3.05. The van der Waals surface area contributed by atoms with Crippen LogP contribution in [0.5, 0.6) is 0 Å². The number of alkyl halides is 3. The zero-order chi connectivity index (χ0) is 13.8. The molecule has 0 aliphatic carbocycles. The number of halogens is 3. The molecule has 6 heteroatoms. The summed E-state index contributed by atoms with van der Waals surface area (Å²) in [5.74, 6) is -0.572. The van der Waals surface area contributed by atoms with Crippen LogP contribution in [0.4, 0.5) is 13.2 Å². The molecule has 0 aromatic heterocycles. The van der Waals surface area contributed by atoms with Crippen molar-refractivity contribution in [2.45, 2.75) is 32.9 Å². The molecular weight excluding hydrogens is 245 g/mol. The van der Waals surface area contributed by atoms with E-state index in [-0.39, 0.29) is 24.3 Å². The van der Waals surface area contributed by atoms with E-state index in [1.807, 2.05) is 13.8 Å². The van der Waals surface area contributed by atoms with Crippen molar-refractivity contribution >= 4 is 5.91 Å². The molecule has 0 bridgehead atoms. The molecule has 106 valence electrons. The Kier molecular flexibility index (Phi) is 5.44. The zero-order valence-electron chi connectivity index (χ0n) is 10.9. The molecular formula is C12H21F3N2O.